The van der Waals surface area contributed by atoms with Gasteiger partial charge in [-0.15, -0.1) is 0 Å². The number of hydrogen-bond donors (Lipinski definition) is 0. The molecule has 0 saturated heterocycles. The summed E-state index contributed by atoms with van der Waals surface area (Å²) in [5, 5.41) is 0. The Hall–Kier alpha value is -5.66. The van der Waals surface area contributed by atoms with Gasteiger partial charge in [-0.05, 0) is 160 Å². The van der Waals surface area contributed by atoms with Crippen LogP contribution in [0.5, 0.6) is 0 Å². The van der Waals surface area contributed by atoms with Crippen LogP contribution in [-0.4, -0.2) is 0 Å². The molecule has 0 aromatic heterocycles. The lowest BCUT2D eigenvalue weighted by Crippen LogP contribution is -2.55. The summed E-state index contributed by atoms with van der Waals surface area (Å²) in [6.45, 7) is 0. The van der Waals surface area contributed by atoms with E-state index in [2.05, 4.69) is 169 Å². The van der Waals surface area contributed by atoms with Gasteiger partial charge >= 0.3 is 0 Å². The summed E-state index contributed by atoms with van der Waals surface area (Å²) in [6.07, 6.45) is 12.1. The van der Waals surface area contributed by atoms with Crippen molar-refractivity contribution in [3.8, 4) is 44.5 Å². The fourth-order valence-corrected chi connectivity index (χ4v) is 14.3. The first-order chi connectivity index (χ1) is 28.7. The third-order valence-electron chi connectivity index (χ3n) is 16.2. The van der Waals surface area contributed by atoms with Crippen molar-refractivity contribution in [2.45, 2.75) is 68.6 Å². The third kappa shape index (κ3) is 4.48. The summed E-state index contributed by atoms with van der Waals surface area (Å²) in [5.74, 6) is 3.29. The van der Waals surface area contributed by atoms with Gasteiger partial charge < -0.3 is 4.90 Å². The Kier molecular flexibility index (Phi) is 7.14. The van der Waals surface area contributed by atoms with Crippen LogP contribution in [0.4, 0.5) is 17.1 Å². The third-order valence-corrected chi connectivity index (χ3v) is 16.2. The van der Waals surface area contributed by atoms with Crippen molar-refractivity contribution in [2.24, 2.45) is 23.7 Å². The highest BCUT2D eigenvalue weighted by Crippen LogP contribution is 2.70. The molecular formula is C57H49N. The van der Waals surface area contributed by atoms with E-state index in [1.807, 2.05) is 0 Å². The standard InChI is InChI=1S/C57H49N/c1-3-14-39(15-4-1)45-26-24-43(35-49(45)40-16-5-2-6-17-40)58(44-25-27-47-46-18-7-9-20-50(46)56(53(47)36-44)28-11-12-29-56)54-23-13-22-52-55(54)48-19-8-10-21-51(48)57(52)41-31-37-30-38(33-41)34-42(57)32-37/h1-10,13-27,35-38,41-42H,11-12,28-34H2. The number of fused-ring (bicyclic) bond motifs is 8. The van der Waals surface area contributed by atoms with Crippen LogP contribution in [0.15, 0.2) is 164 Å². The minimum absolute atomic E-state index is 0.0929. The molecule has 7 aromatic carbocycles. The number of anilines is 3. The summed E-state index contributed by atoms with van der Waals surface area (Å²) >= 11 is 0. The van der Waals surface area contributed by atoms with Gasteiger partial charge in [-0.25, -0.2) is 0 Å². The van der Waals surface area contributed by atoms with Crippen LogP contribution in [0.1, 0.15) is 80.0 Å². The monoisotopic (exact) mass is 747 g/mol. The lowest BCUT2D eigenvalue weighted by Gasteiger charge is -2.61. The van der Waals surface area contributed by atoms with Gasteiger partial charge in [-0.2, -0.15) is 0 Å². The quantitative estimate of drug-likeness (QED) is 0.169. The van der Waals surface area contributed by atoms with Gasteiger partial charge in [0.1, 0.15) is 0 Å². The van der Waals surface area contributed by atoms with E-state index < -0.39 is 0 Å². The maximum absolute atomic E-state index is 2.66. The maximum Gasteiger partial charge on any atom is 0.0543 e. The first-order valence-electron chi connectivity index (χ1n) is 22.2. The van der Waals surface area contributed by atoms with Crippen LogP contribution < -0.4 is 4.90 Å². The Labute approximate surface area is 343 Å². The predicted octanol–water partition coefficient (Wildman–Crippen LogP) is 15.1. The number of hydrogen-bond acceptors (Lipinski definition) is 1. The Morgan fingerprint density at radius 1 is 0.397 bits per heavy atom. The second-order valence-electron chi connectivity index (χ2n) is 18.8. The second-order valence-corrected chi connectivity index (χ2v) is 18.8. The molecule has 282 valence electrons. The van der Waals surface area contributed by atoms with Crippen molar-refractivity contribution in [2.75, 3.05) is 4.90 Å². The Morgan fingerprint density at radius 2 is 0.948 bits per heavy atom. The van der Waals surface area contributed by atoms with Crippen LogP contribution >= 0.6 is 0 Å². The molecule has 0 heterocycles. The lowest BCUT2D eigenvalue weighted by atomic mass is 9.43. The van der Waals surface area contributed by atoms with Crippen LogP contribution in [0, 0.1) is 23.7 Å². The van der Waals surface area contributed by atoms with E-state index >= 15 is 0 Å². The molecule has 2 spiro atoms. The molecule has 7 aliphatic rings. The summed E-state index contributed by atoms with van der Waals surface area (Å²) in [7, 11) is 0. The van der Waals surface area contributed by atoms with Gasteiger partial charge in [0, 0.05) is 27.8 Å². The van der Waals surface area contributed by atoms with Gasteiger partial charge in [0.25, 0.3) is 0 Å². The molecule has 0 aliphatic heterocycles. The van der Waals surface area contributed by atoms with E-state index in [1.54, 1.807) is 16.7 Å². The zero-order chi connectivity index (χ0) is 38.0. The smallest absolute Gasteiger partial charge is 0.0543 e. The minimum atomic E-state index is 0.0929. The molecule has 14 rings (SSSR count). The van der Waals surface area contributed by atoms with Crippen LogP contribution in [0.2, 0.25) is 0 Å². The normalized spacial score (nSPS) is 24.8. The molecule has 1 heteroatoms. The molecule has 7 aliphatic carbocycles. The van der Waals surface area contributed by atoms with Gasteiger partial charge in [0.2, 0.25) is 0 Å². The molecular weight excluding hydrogens is 699 g/mol. The van der Waals surface area contributed by atoms with E-state index in [-0.39, 0.29) is 10.8 Å². The zero-order valence-corrected chi connectivity index (χ0v) is 33.2. The van der Waals surface area contributed by atoms with Gasteiger partial charge in [-0.1, -0.05) is 146 Å². The van der Waals surface area contributed by atoms with Crippen molar-refractivity contribution in [1.29, 1.82) is 0 Å². The number of nitrogens with zero attached hydrogens (tertiary/aromatic N) is 1. The molecule has 0 radical (unpaired) electrons. The fourth-order valence-electron chi connectivity index (χ4n) is 14.3. The zero-order valence-electron chi connectivity index (χ0n) is 33.2. The Bertz CT molecular complexity index is 2720. The minimum Gasteiger partial charge on any atom is -0.310 e. The Balaban J connectivity index is 1.08. The van der Waals surface area contributed by atoms with E-state index in [9.17, 15) is 0 Å². The number of benzene rings is 7. The SMILES string of the molecule is c1ccc(-c2ccc(N(c3ccc4c(c3)C3(CCCC3)c3ccccc3-4)c3cccc4c3-c3ccccc3C43C4CC5CC(C4)CC3C5)cc2-c2ccccc2)cc1. The first kappa shape index (κ1) is 33.3. The van der Waals surface area contributed by atoms with Crippen molar-refractivity contribution >= 4 is 17.1 Å². The molecule has 58 heavy (non-hydrogen) atoms. The maximum atomic E-state index is 2.66. The topological polar surface area (TPSA) is 3.24 Å². The van der Waals surface area contributed by atoms with Crippen LogP contribution in [0.25, 0.3) is 44.5 Å². The summed E-state index contributed by atoms with van der Waals surface area (Å²) in [5.41, 5.74) is 21.1. The van der Waals surface area contributed by atoms with Crippen molar-refractivity contribution in [3.05, 3.63) is 186 Å². The molecule has 1 nitrogen and oxygen atoms in total. The van der Waals surface area contributed by atoms with Gasteiger partial charge in [-0.3, -0.25) is 0 Å². The Morgan fingerprint density at radius 3 is 1.66 bits per heavy atom. The predicted molar refractivity (Wildman–Crippen MR) is 240 cm³/mol. The average Bonchev–Trinajstić information content (AvgIpc) is 3.96. The largest absolute Gasteiger partial charge is 0.310 e. The van der Waals surface area contributed by atoms with E-state index in [0.29, 0.717) is 0 Å². The number of rotatable bonds is 5. The highest BCUT2D eigenvalue weighted by molar-refractivity contribution is 5.98. The molecule has 4 bridgehead atoms. The van der Waals surface area contributed by atoms with Gasteiger partial charge in [0.05, 0.1) is 5.69 Å². The summed E-state index contributed by atoms with van der Waals surface area (Å²) < 4.78 is 0. The van der Waals surface area contributed by atoms with Crippen molar-refractivity contribution in [3.63, 3.8) is 0 Å². The lowest BCUT2D eigenvalue weighted by molar-refractivity contribution is -0.0399. The van der Waals surface area contributed by atoms with E-state index in [4.69, 9.17) is 0 Å². The molecule has 0 amide bonds. The molecule has 5 fully saturated rings. The molecule has 0 unspecified atom stereocenters. The summed E-state index contributed by atoms with van der Waals surface area (Å²) in [6, 6.07) is 63.2. The average molecular weight is 748 g/mol. The van der Waals surface area contributed by atoms with Gasteiger partial charge in [0.15, 0.2) is 0 Å². The molecule has 0 N–H and O–H groups in total. The second kappa shape index (κ2) is 12.4. The molecule has 7 aromatic rings. The van der Waals surface area contributed by atoms with Crippen molar-refractivity contribution < 1.29 is 0 Å². The molecule has 0 atom stereocenters. The van der Waals surface area contributed by atoms with Crippen molar-refractivity contribution in [1.82, 2.24) is 0 Å². The van der Waals surface area contributed by atoms with Crippen LogP contribution in [-0.2, 0) is 10.8 Å². The van der Waals surface area contributed by atoms with E-state index in [0.717, 1.165) is 23.7 Å². The van der Waals surface area contributed by atoms with Crippen LogP contribution in [0.3, 0.4) is 0 Å². The summed E-state index contributed by atoms with van der Waals surface area (Å²) in [4.78, 5) is 2.66. The highest BCUT2D eigenvalue weighted by atomic mass is 15.1. The first-order valence-corrected chi connectivity index (χ1v) is 22.2. The molecule has 5 saturated carbocycles. The highest BCUT2D eigenvalue weighted by Gasteiger charge is 2.62. The van der Waals surface area contributed by atoms with E-state index in [1.165, 1.54) is 125 Å². The fraction of sp³-hybridized carbons (Fsp3) is 0.263.